The molecule has 4 rings (SSSR count). The van der Waals surface area contributed by atoms with Crippen molar-refractivity contribution in [2.45, 2.75) is 39.3 Å². The van der Waals surface area contributed by atoms with Gasteiger partial charge in [-0.25, -0.2) is 9.78 Å². The number of hydrogen-bond donors (Lipinski definition) is 2. The molecule has 2 aromatic heterocycles. The van der Waals surface area contributed by atoms with Gasteiger partial charge in [0.05, 0.1) is 5.39 Å². The van der Waals surface area contributed by atoms with Gasteiger partial charge in [0.15, 0.2) is 0 Å². The van der Waals surface area contributed by atoms with Crippen LogP contribution in [0.1, 0.15) is 28.8 Å². The number of nitrogens with one attached hydrogen (secondary N) is 1. The maximum Gasteiger partial charge on any atom is 0.506 e. The molecule has 0 unspecified atom stereocenters. The Bertz CT molecular complexity index is 1010. The number of piperidine rings is 1. The van der Waals surface area contributed by atoms with E-state index in [0.29, 0.717) is 38.4 Å². The van der Waals surface area contributed by atoms with Gasteiger partial charge >= 0.3 is 6.16 Å². The van der Waals surface area contributed by atoms with Crippen LogP contribution in [0, 0.1) is 13.8 Å². The van der Waals surface area contributed by atoms with Crippen molar-refractivity contribution in [3.63, 3.8) is 0 Å². The Morgan fingerprint density at radius 1 is 1.24 bits per heavy atom. The fraction of sp³-hybridized carbons (Fsp3) is 0.381. The van der Waals surface area contributed by atoms with Gasteiger partial charge in [0.2, 0.25) is 5.95 Å². The van der Waals surface area contributed by atoms with Crippen LogP contribution in [0.3, 0.4) is 0 Å². The second-order valence-corrected chi connectivity index (χ2v) is 8.45. The largest absolute Gasteiger partial charge is 0.506 e. The summed E-state index contributed by atoms with van der Waals surface area (Å²) in [4.78, 5) is 24.8. The molecular formula is C21H24N4O3S. The third kappa shape index (κ3) is 4.27. The van der Waals surface area contributed by atoms with E-state index >= 15 is 0 Å². The van der Waals surface area contributed by atoms with Crippen LogP contribution in [0.15, 0.2) is 30.3 Å². The molecule has 8 heteroatoms. The first-order chi connectivity index (χ1) is 14.0. The highest BCUT2D eigenvalue weighted by molar-refractivity contribution is 7.18. The Morgan fingerprint density at radius 2 is 1.97 bits per heavy atom. The molecule has 1 aliphatic heterocycles. The molecule has 1 fully saturated rings. The van der Waals surface area contributed by atoms with E-state index in [1.54, 1.807) is 11.3 Å². The number of aryl methyl sites for hydroxylation is 2. The number of thiophene rings is 1. The number of benzene rings is 1. The van der Waals surface area contributed by atoms with E-state index in [9.17, 15) is 4.79 Å². The summed E-state index contributed by atoms with van der Waals surface area (Å²) < 4.78 is 4.91. The average molecular weight is 413 g/mol. The minimum absolute atomic E-state index is 0.255. The molecule has 7 nitrogen and oxygen atoms in total. The predicted octanol–water partition coefficient (Wildman–Crippen LogP) is 4.58. The number of hydrogen-bond acceptors (Lipinski definition) is 7. The molecule has 3 heterocycles. The van der Waals surface area contributed by atoms with Gasteiger partial charge in [0.1, 0.15) is 16.8 Å². The Balaban J connectivity index is 1.59. The zero-order chi connectivity index (χ0) is 20.4. The fourth-order valence-corrected chi connectivity index (χ4v) is 4.63. The minimum atomic E-state index is -1.21. The molecule has 0 atom stereocenters. The SMILES string of the molecule is Cc1sc2nc(N3CCC(OC(=O)O)CC3)nc(NCc3ccccc3)c2c1C. The molecule has 1 aromatic carbocycles. The Hall–Kier alpha value is -2.87. The lowest BCUT2D eigenvalue weighted by atomic mass is 10.1. The molecular weight excluding hydrogens is 388 g/mol. The van der Waals surface area contributed by atoms with E-state index in [0.717, 1.165) is 16.0 Å². The summed E-state index contributed by atoms with van der Waals surface area (Å²) in [5.41, 5.74) is 2.40. The van der Waals surface area contributed by atoms with Crippen molar-refractivity contribution in [2.24, 2.45) is 0 Å². The molecule has 0 bridgehead atoms. The van der Waals surface area contributed by atoms with Gasteiger partial charge in [0, 0.05) is 37.4 Å². The number of fused-ring (bicyclic) bond motifs is 1. The van der Waals surface area contributed by atoms with Crippen LogP contribution >= 0.6 is 11.3 Å². The van der Waals surface area contributed by atoms with Crippen molar-refractivity contribution in [2.75, 3.05) is 23.3 Å². The number of rotatable bonds is 5. The van der Waals surface area contributed by atoms with Gasteiger partial charge in [-0.15, -0.1) is 11.3 Å². The molecule has 0 saturated carbocycles. The topological polar surface area (TPSA) is 87.6 Å². The highest BCUT2D eigenvalue weighted by Gasteiger charge is 2.25. The summed E-state index contributed by atoms with van der Waals surface area (Å²) in [6.45, 7) is 6.25. The lowest BCUT2D eigenvalue weighted by Crippen LogP contribution is -2.38. The third-order valence-corrected chi connectivity index (χ3v) is 6.41. The van der Waals surface area contributed by atoms with Crippen molar-refractivity contribution in [1.82, 2.24) is 9.97 Å². The van der Waals surface area contributed by atoms with Gasteiger partial charge in [-0.05, 0) is 25.0 Å². The molecule has 29 heavy (non-hydrogen) atoms. The minimum Gasteiger partial charge on any atom is -0.450 e. The molecule has 152 valence electrons. The monoisotopic (exact) mass is 412 g/mol. The second kappa shape index (κ2) is 8.24. The zero-order valence-corrected chi connectivity index (χ0v) is 17.3. The van der Waals surface area contributed by atoms with Crippen LogP contribution in [0.25, 0.3) is 10.2 Å². The Kier molecular flexibility index (Phi) is 5.53. The number of ether oxygens (including phenoxy) is 1. The van der Waals surface area contributed by atoms with Crippen LogP contribution in [0.5, 0.6) is 0 Å². The van der Waals surface area contributed by atoms with E-state index in [2.05, 4.69) is 36.2 Å². The van der Waals surface area contributed by atoms with E-state index in [1.807, 2.05) is 18.2 Å². The molecule has 0 amide bonds. The van der Waals surface area contributed by atoms with E-state index < -0.39 is 6.16 Å². The standard InChI is InChI=1S/C21H24N4O3S/c1-13-14(2)29-19-17(13)18(22-12-15-6-4-3-5-7-15)23-20(24-19)25-10-8-16(9-11-25)28-21(26)27/h3-7,16H,8-12H2,1-2H3,(H,26,27)(H,22,23,24). The first-order valence-corrected chi connectivity index (χ1v) is 10.5. The third-order valence-electron chi connectivity index (χ3n) is 5.31. The van der Waals surface area contributed by atoms with Gasteiger partial charge in [-0.2, -0.15) is 4.98 Å². The lowest BCUT2D eigenvalue weighted by Gasteiger charge is -2.31. The highest BCUT2D eigenvalue weighted by Crippen LogP contribution is 2.35. The lowest BCUT2D eigenvalue weighted by molar-refractivity contribution is 0.0415. The molecule has 0 aliphatic carbocycles. The normalized spacial score (nSPS) is 14.9. The van der Waals surface area contributed by atoms with Crippen LogP contribution in [-0.4, -0.2) is 40.4 Å². The fourth-order valence-electron chi connectivity index (χ4n) is 3.61. The van der Waals surface area contributed by atoms with Crippen molar-refractivity contribution in [1.29, 1.82) is 0 Å². The van der Waals surface area contributed by atoms with Crippen molar-refractivity contribution in [3.8, 4) is 0 Å². The summed E-state index contributed by atoms with van der Waals surface area (Å²) in [5, 5.41) is 13.4. The number of anilines is 2. The molecule has 1 aliphatic rings. The van der Waals surface area contributed by atoms with Crippen molar-refractivity contribution < 1.29 is 14.6 Å². The predicted molar refractivity (Wildman–Crippen MR) is 115 cm³/mol. The van der Waals surface area contributed by atoms with Crippen LogP contribution in [0.4, 0.5) is 16.6 Å². The van der Waals surface area contributed by atoms with Gasteiger partial charge in [0.25, 0.3) is 0 Å². The van der Waals surface area contributed by atoms with E-state index in [-0.39, 0.29) is 6.10 Å². The number of nitrogens with zero attached hydrogens (tertiary/aromatic N) is 3. The Labute approximate surface area is 173 Å². The summed E-state index contributed by atoms with van der Waals surface area (Å²) in [7, 11) is 0. The number of carboxylic acid groups (broad SMARTS) is 1. The van der Waals surface area contributed by atoms with Gasteiger partial charge in [-0.3, -0.25) is 0 Å². The number of carbonyl (C=O) groups is 1. The second-order valence-electron chi connectivity index (χ2n) is 7.24. The first kappa shape index (κ1) is 19.4. The zero-order valence-electron chi connectivity index (χ0n) is 16.5. The molecule has 0 spiro atoms. The first-order valence-electron chi connectivity index (χ1n) is 9.71. The smallest absolute Gasteiger partial charge is 0.450 e. The van der Waals surface area contributed by atoms with Crippen molar-refractivity contribution >= 4 is 39.5 Å². The van der Waals surface area contributed by atoms with Crippen LogP contribution in [0.2, 0.25) is 0 Å². The van der Waals surface area contributed by atoms with Crippen LogP contribution in [-0.2, 0) is 11.3 Å². The maximum atomic E-state index is 10.8. The van der Waals surface area contributed by atoms with E-state index in [4.69, 9.17) is 19.8 Å². The molecule has 3 aromatic rings. The summed E-state index contributed by atoms with van der Waals surface area (Å²) in [5.74, 6) is 1.53. The number of aromatic nitrogens is 2. The van der Waals surface area contributed by atoms with Gasteiger partial charge in [-0.1, -0.05) is 30.3 Å². The maximum absolute atomic E-state index is 10.8. The van der Waals surface area contributed by atoms with E-state index in [1.165, 1.54) is 16.0 Å². The van der Waals surface area contributed by atoms with Crippen molar-refractivity contribution in [3.05, 3.63) is 46.3 Å². The van der Waals surface area contributed by atoms with Crippen LogP contribution < -0.4 is 10.2 Å². The van der Waals surface area contributed by atoms with Gasteiger partial charge < -0.3 is 20.1 Å². The summed E-state index contributed by atoms with van der Waals surface area (Å²) in [6.07, 6.45) is -0.182. The molecule has 2 N–H and O–H groups in total. The summed E-state index contributed by atoms with van der Waals surface area (Å²) in [6, 6.07) is 10.2. The quantitative estimate of drug-likeness (QED) is 0.593. The average Bonchev–Trinajstić information content (AvgIpc) is 3.01. The highest BCUT2D eigenvalue weighted by atomic mass is 32.1. The molecule has 1 saturated heterocycles. The summed E-state index contributed by atoms with van der Waals surface area (Å²) >= 11 is 1.68. The molecule has 0 radical (unpaired) electrons. The Morgan fingerprint density at radius 3 is 2.66 bits per heavy atom.